The molecule has 32 nitrogen and oxygen atoms in total. The van der Waals surface area contributed by atoms with Crippen molar-refractivity contribution in [1.29, 1.82) is 0 Å². The second-order valence-electron chi connectivity index (χ2n) is 20.3. The molecule has 5 aliphatic heterocycles. The second-order valence-corrected chi connectivity index (χ2v) is 20.3. The van der Waals surface area contributed by atoms with Crippen molar-refractivity contribution in [2.24, 2.45) is 11.8 Å². The summed E-state index contributed by atoms with van der Waals surface area (Å²) in [5.41, 5.74) is 0. The normalized spacial score (nSPS) is 44.0. The van der Waals surface area contributed by atoms with E-state index in [1.807, 2.05) is 0 Å². The molecule has 5 fully saturated rings. The Morgan fingerprint density at radius 3 is 1.27 bits per heavy atom. The Hall–Kier alpha value is -2.18. The van der Waals surface area contributed by atoms with Crippen LogP contribution in [0.25, 0.3) is 0 Å². The Morgan fingerprint density at radius 1 is 0.442 bits per heavy atom. The Labute approximate surface area is 441 Å². The summed E-state index contributed by atoms with van der Waals surface area (Å²) in [6.07, 6.45) is -51.7. The van der Waals surface area contributed by atoms with Crippen molar-refractivity contribution in [2.75, 3.05) is 39.6 Å². The predicted octanol–water partition coefficient (Wildman–Crippen LogP) is -11.5. The zero-order valence-corrected chi connectivity index (χ0v) is 42.8. The molecule has 5 rings (SSSR count). The molecule has 0 aromatic carbocycles. The van der Waals surface area contributed by atoms with Crippen molar-refractivity contribution >= 4 is 11.8 Å². The van der Waals surface area contributed by atoms with E-state index in [9.17, 15) is 102 Å². The third kappa shape index (κ3) is 15.3. The lowest BCUT2D eigenvalue weighted by Gasteiger charge is -2.51. The lowest BCUT2D eigenvalue weighted by molar-refractivity contribution is -0.389. The average molecular weight is 1130 g/mol. The van der Waals surface area contributed by atoms with Gasteiger partial charge in [-0.25, -0.2) is 0 Å². The topological polar surface area (TPSA) is 515 Å². The van der Waals surface area contributed by atoms with E-state index >= 15 is 0 Å². The molecular formula is C45H80N2O30. The Bertz CT molecular complexity index is 1790. The van der Waals surface area contributed by atoms with Gasteiger partial charge in [0.2, 0.25) is 11.8 Å². The van der Waals surface area contributed by atoms with Crippen LogP contribution in [0.4, 0.5) is 0 Å². The summed E-state index contributed by atoms with van der Waals surface area (Å²) in [5.74, 6) is -2.97. The monoisotopic (exact) mass is 1130 g/mol. The molecule has 0 aromatic heterocycles. The van der Waals surface area contributed by atoms with Crippen LogP contribution in [0.3, 0.4) is 0 Å². The van der Waals surface area contributed by atoms with E-state index < -0.39 is 235 Å². The van der Waals surface area contributed by atoms with Gasteiger partial charge < -0.3 is 150 Å². The van der Waals surface area contributed by atoms with Crippen molar-refractivity contribution in [3.63, 3.8) is 0 Å². The highest BCUT2D eigenvalue weighted by atomic mass is 16.8. The number of amides is 2. The molecule has 5 saturated heterocycles. The van der Waals surface area contributed by atoms with Gasteiger partial charge in [0.15, 0.2) is 31.5 Å². The Balaban J connectivity index is 1.51. The minimum Gasteiger partial charge on any atom is -0.396 e. The number of hydrogen-bond donors (Lipinski definition) is 20. The molecule has 0 aliphatic carbocycles. The van der Waals surface area contributed by atoms with E-state index in [-0.39, 0.29) is 12.3 Å². The lowest BCUT2D eigenvalue weighted by Crippen LogP contribution is -2.71. The van der Waals surface area contributed by atoms with Gasteiger partial charge in [-0.15, -0.1) is 0 Å². The predicted molar refractivity (Wildman–Crippen MR) is 246 cm³/mol. The number of carbonyl (C=O) groups excluding carboxylic acids is 2. The molecule has 30 unspecified atom stereocenters. The van der Waals surface area contributed by atoms with E-state index in [1.54, 1.807) is 13.8 Å². The van der Waals surface area contributed by atoms with Gasteiger partial charge >= 0.3 is 0 Å². The van der Waals surface area contributed by atoms with Crippen molar-refractivity contribution in [3.05, 3.63) is 0 Å². The minimum absolute atomic E-state index is 0.0351. The van der Waals surface area contributed by atoms with Gasteiger partial charge in [-0.3, -0.25) is 9.59 Å². The number of nitrogens with one attached hydrogen (secondary N) is 2. The van der Waals surface area contributed by atoms with Crippen LogP contribution in [-0.4, -0.2) is 321 Å². The molecule has 0 radical (unpaired) electrons. The summed E-state index contributed by atoms with van der Waals surface area (Å²) in [5, 5.41) is 199. The largest absolute Gasteiger partial charge is 0.396 e. The molecule has 0 aromatic rings. The molecule has 20 N–H and O–H groups in total. The molecule has 0 saturated carbocycles. The highest BCUT2D eigenvalue weighted by Crippen LogP contribution is 2.38. The summed E-state index contributed by atoms with van der Waals surface area (Å²) in [6, 6.07) is -3.54. The van der Waals surface area contributed by atoms with Crippen LogP contribution < -0.4 is 10.6 Å². The van der Waals surface area contributed by atoms with Crippen LogP contribution in [0, 0.1) is 11.8 Å². The first-order valence-electron chi connectivity index (χ1n) is 25.2. The van der Waals surface area contributed by atoms with Crippen molar-refractivity contribution < 1.29 is 149 Å². The van der Waals surface area contributed by atoms with E-state index in [0.29, 0.717) is 0 Å². The van der Waals surface area contributed by atoms with Gasteiger partial charge in [0.05, 0.1) is 45.2 Å². The molecule has 2 amide bonds. The molecular weight excluding hydrogens is 1050 g/mol. The number of carbonyl (C=O) groups is 2. The standard InChI is InChI=1S/C45H80N2O30/c1-13(2)6-17(56)26(58)40(25(57)14(3)7-48)77-42-24(47-16(5)55)39(76-44-34(66)31(63)28(60)19(9-50)70-44)37(22(12-53)71-42)74-45-35(67)32(64)36(21(11-52)72-45)73-41-23(46-15(4)54)38(29(61)20(10-51)68-41)75-43-33(65)30(62)27(59)18(8-49)69-43/h13-14,17-45,48-53,56-67H,6-12H2,1-5H3,(H,46,54)(H,47,55). The SMILES string of the molecule is CC(=O)NC1C(OC2C(CO)OC(OC3C(CO)OC(OC(C(O)C(C)CO)C(O)C(O)CC(C)C)C(NC(C)=O)C3OC3OC(CO)C(O)C(O)C3O)C(O)C2O)OC(CO)C(O)C1OC1OC(CO)C(O)C(O)C1O. The van der Waals surface area contributed by atoms with Gasteiger partial charge in [-0.1, -0.05) is 20.8 Å². The zero-order valence-electron chi connectivity index (χ0n) is 42.8. The summed E-state index contributed by atoms with van der Waals surface area (Å²) in [7, 11) is 0. The van der Waals surface area contributed by atoms with Crippen LogP contribution in [0.15, 0.2) is 0 Å². The van der Waals surface area contributed by atoms with Crippen LogP contribution in [0.2, 0.25) is 0 Å². The number of aliphatic hydroxyl groups excluding tert-OH is 18. The molecule has 5 heterocycles. The van der Waals surface area contributed by atoms with E-state index in [0.717, 1.165) is 13.8 Å². The summed E-state index contributed by atoms with van der Waals surface area (Å²) in [6.45, 7) is 1.17. The highest BCUT2D eigenvalue weighted by Gasteiger charge is 2.58. The maximum absolute atomic E-state index is 13.1. The Morgan fingerprint density at radius 2 is 0.818 bits per heavy atom. The molecule has 0 bridgehead atoms. The van der Waals surface area contributed by atoms with Crippen LogP contribution >= 0.6 is 0 Å². The third-order valence-electron chi connectivity index (χ3n) is 14.0. The van der Waals surface area contributed by atoms with Crippen molar-refractivity contribution in [2.45, 2.75) is 219 Å². The Kier molecular flexibility index (Phi) is 24.9. The fraction of sp³-hybridized carbons (Fsp3) is 0.956. The molecule has 0 spiro atoms. The first-order valence-corrected chi connectivity index (χ1v) is 25.2. The van der Waals surface area contributed by atoms with Crippen LogP contribution in [0.1, 0.15) is 41.0 Å². The van der Waals surface area contributed by atoms with Gasteiger partial charge in [0.1, 0.15) is 134 Å². The van der Waals surface area contributed by atoms with E-state index in [4.69, 9.17) is 47.4 Å². The maximum Gasteiger partial charge on any atom is 0.217 e. The van der Waals surface area contributed by atoms with Crippen molar-refractivity contribution in [1.82, 2.24) is 10.6 Å². The third-order valence-corrected chi connectivity index (χ3v) is 14.0. The number of ether oxygens (including phenoxy) is 10. The van der Waals surface area contributed by atoms with Gasteiger partial charge in [-0.05, 0) is 12.3 Å². The minimum atomic E-state index is -2.30. The van der Waals surface area contributed by atoms with E-state index in [1.165, 1.54) is 6.92 Å². The number of rotatable bonds is 24. The first kappa shape index (κ1) is 65.6. The van der Waals surface area contributed by atoms with Crippen LogP contribution in [-0.2, 0) is 57.0 Å². The average Bonchev–Trinajstić information content (AvgIpc) is 3.39. The summed E-state index contributed by atoms with van der Waals surface area (Å²) < 4.78 is 59.2. The first-order chi connectivity index (χ1) is 36.3. The molecule has 450 valence electrons. The fourth-order valence-electron chi connectivity index (χ4n) is 9.72. The summed E-state index contributed by atoms with van der Waals surface area (Å²) >= 11 is 0. The van der Waals surface area contributed by atoms with E-state index in [2.05, 4.69) is 10.6 Å². The van der Waals surface area contributed by atoms with Gasteiger partial charge in [0.25, 0.3) is 0 Å². The zero-order chi connectivity index (χ0) is 57.5. The van der Waals surface area contributed by atoms with Gasteiger partial charge in [0, 0.05) is 26.4 Å². The quantitative estimate of drug-likeness (QED) is 0.0427. The summed E-state index contributed by atoms with van der Waals surface area (Å²) in [4.78, 5) is 25.7. The van der Waals surface area contributed by atoms with Crippen LogP contribution in [0.5, 0.6) is 0 Å². The molecule has 77 heavy (non-hydrogen) atoms. The fourth-order valence-corrected chi connectivity index (χ4v) is 9.72. The molecule has 30 atom stereocenters. The lowest BCUT2D eigenvalue weighted by atomic mass is 9.90. The number of hydrogen-bond acceptors (Lipinski definition) is 30. The molecule has 32 heteroatoms. The smallest absolute Gasteiger partial charge is 0.217 e. The second kappa shape index (κ2) is 29.2. The number of aliphatic hydroxyl groups is 18. The molecule has 5 aliphatic rings. The van der Waals surface area contributed by atoms with Gasteiger partial charge in [-0.2, -0.15) is 0 Å². The van der Waals surface area contributed by atoms with Crippen molar-refractivity contribution in [3.8, 4) is 0 Å². The highest BCUT2D eigenvalue weighted by molar-refractivity contribution is 5.73. The maximum atomic E-state index is 13.1.